The predicted octanol–water partition coefficient (Wildman–Crippen LogP) is 5.30. The van der Waals surface area contributed by atoms with Crippen LogP contribution in [-0.2, 0) is 0 Å². The summed E-state index contributed by atoms with van der Waals surface area (Å²) in [5.74, 6) is 1.31. The van der Waals surface area contributed by atoms with Crippen molar-refractivity contribution in [2.24, 2.45) is 0 Å². The standard InChI is InChI=1S/C22H24N4O/c1-3-4-13-23-22-25-20(17-9-6-5-7-10-17)15-21(26-22)24-19-12-8-11-18(14-19)16(2)27/h5-12,14-15H,3-4,13H2,1-2H3,(H2,23,24,25,26). The molecule has 0 unspecified atom stereocenters. The number of ketones is 1. The molecule has 0 fully saturated rings. The minimum atomic E-state index is 0.0354. The van der Waals surface area contributed by atoms with Gasteiger partial charge < -0.3 is 10.6 Å². The van der Waals surface area contributed by atoms with Crippen molar-refractivity contribution in [3.05, 3.63) is 66.2 Å². The molecule has 0 aliphatic rings. The van der Waals surface area contributed by atoms with Gasteiger partial charge in [-0.1, -0.05) is 55.8 Å². The fourth-order valence-electron chi connectivity index (χ4n) is 2.69. The third-order valence-corrected chi connectivity index (χ3v) is 4.15. The number of carbonyl (C=O) groups is 1. The Hall–Kier alpha value is -3.21. The summed E-state index contributed by atoms with van der Waals surface area (Å²) < 4.78 is 0. The molecule has 0 amide bonds. The molecular formula is C22H24N4O. The van der Waals surface area contributed by atoms with Gasteiger partial charge in [0.2, 0.25) is 5.95 Å². The molecule has 0 saturated heterocycles. The highest BCUT2D eigenvalue weighted by Crippen LogP contribution is 2.24. The van der Waals surface area contributed by atoms with Crippen LogP contribution in [0.3, 0.4) is 0 Å². The monoisotopic (exact) mass is 360 g/mol. The molecule has 1 aromatic heterocycles. The van der Waals surface area contributed by atoms with E-state index in [1.54, 1.807) is 13.0 Å². The van der Waals surface area contributed by atoms with Crippen LogP contribution >= 0.6 is 0 Å². The smallest absolute Gasteiger partial charge is 0.225 e. The summed E-state index contributed by atoms with van der Waals surface area (Å²) in [5.41, 5.74) is 3.35. The first kappa shape index (κ1) is 18.6. The van der Waals surface area contributed by atoms with Gasteiger partial charge in [-0.25, -0.2) is 4.98 Å². The molecule has 0 aliphatic carbocycles. The van der Waals surface area contributed by atoms with Gasteiger partial charge in [0.05, 0.1) is 5.69 Å². The van der Waals surface area contributed by atoms with E-state index in [-0.39, 0.29) is 5.78 Å². The minimum absolute atomic E-state index is 0.0354. The second-order valence-corrected chi connectivity index (χ2v) is 6.37. The highest BCUT2D eigenvalue weighted by atomic mass is 16.1. The SMILES string of the molecule is CCCCNc1nc(Nc2cccc(C(C)=O)c2)cc(-c2ccccc2)n1. The van der Waals surface area contributed by atoms with Crippen LogP contribution in [0, 0.1) is 0 Å². The van der Waals surface area contributed by atoms with E-state index in [1.165, 1.54) is 0 Å². The van der Waals surface area contributed by atoms with Crippen molar-refractivity contribution in [3.63, 3.8) is 0 Å². The van der Waals surface area contributed by atoms with E-state index in [4.69, 9.17) is 0 Å². The molecule has 5 heteroatoms. The fourth-order valence-corrected chi connectivity index (χ4v) is 2.69. The van der Waals surface area contributed by atoms with Gasteiger partial charge in [-0.2, -0.15) is 4.98 Å². The zero-order valence-electron chi connectivity index (χ0n) is 15.7. The summed E-state index contributed by atoms with van der Waals surface area (Å²) in [6, 6.07) is 19.3. The first-order chi connectivity index (χ1) is 13.2. The molecule has 2 N–H and O–H groups in total. The second-order valence-electron chi connectivity index (χ2n) is 6.37. The maximum Gasteiger partial charge on any atom is 0.225 e. The number of nitrogens with one attached hydrogen (secondary N) is 2. The highest BCUT2D eigenvalue weighted by Gasteiger charge is 2.08. The van der Waals surface area contributed by atoms with Crippen LogP contribution in [0.2, 0.25) is 0 Å². The van der Waals surface area contributed by atoms with Crippen LogP contribution in [0.1, 0.15) is 37.0 Å². The van der Waals surface area contributed by atoms with Crippen molar-refractivity contribution >= 4 is 23.2 Å². The fraction of sp³-hybridized carbons (Fsp3) is 0.227. The molecule has 138 valence electrons. The number of anilines is 3. The lowest BCUT2D eigenvalue weighted by Crippen LogP contribution is -2.07. The second kappa shape index (κ2) is 8.94. The molecule has 0 bridgehead atoms. The molecule has 3 rings (SSSR count). The largest absolute Gasteiger partial charge is 0.354 e. The number of carbonyl (C=O) groups excluding carboxylic acids is 1. The van der Waals surface area contributed by atoms with Gasteiger partial charge in [0.15, 0.2) is 5.78 Å². The number of hydrogen-bond donors (Lipinski definition) is 2. The number of benzene rings is 2. The van der Waals surface area contributed by atoms with Gasteiger partial charge in [0.25, 0.3) is 0 Å². The molecular weight excluding hydrogens is 336 g/mol. The van der Waals surface area contributed by atoms with Crippen LogP contribution < -0.4 is 10.6 Å². The first-order valence-electron chi connectivity index (χ1n) is 9.22. The zero-order chi connectivity index (χ0) is 19.1. The van der Waals surface area contributed by atoms with Crippen molar-refractivity contribution < 1.29 is 4.79 Å². The summed E-state index contributed by atoms with van der Waals surface area (Å²) in [5, 5.41) is 6.59. The lowest BCUT2D eigenvalue weighted by Gasteiger charge is -2.12. The molecule has 0 atom stereocenters. The minimum Gasteiger partial charge on any atom is -0.354 e. The topological polar surface area (TPSA) is 66.9 Å². The van der Waals surface area contributed by atoms with Gasteiger partial charge in [0, 0.05) is 29.4 Å². The molecule has 5 nitrogen and oxygen atoms in total. The van der Waals surface area contributed by atoms with E-state index in [1.807, 2.05) is 54.6 Å². The molecule has 0 spiro atoms. The summed E-state index contributed by atoms with van der Waals surface area (Å²) in [7, 11) is 0. The van der Waals surface area contributed by atoms with E-state index in [2.05, 4.69) is 27.5 Å². The Kier molecular flexibility index (Phi) is 6.15. The Morgan fingerprint density at radius 3 is 2.56 bits per heavy atom. The lowest BCUT2D eigenvalue weighted by molar-refractivity contribution is 0.101. The number of rotatable bonds is 8. The maximum absolute atomic E-state index is 11.6. The van der Waals surface area contributed by atoms with E-state index in [0.29, 0.717) is 17.3 Å². The molecule has 0 aliphatic heterocycles. The van der Waals surface area contributed by atoms with Crippen molar-refractivity contribution in [2.45, 2.75) is 26.7 Å². The Labute approximate surface area is 159 Å². The molecule has 0 saturated carbocycles. The summed E-state index contributed by atoms with van der Waals surface area (Å²) in [6.45, 7) is 4.54. The highest BCUT2D eigenvalue weighted by molar-refractivity contribution is 5.95. The normalized spacial score (nSPS) is 10.4. The average Bonchev–Trinajstić information content (AvgIpc) is 2.69. The summed E-state index contributed by atoms with van der Waals surface area (Å²) in [4.78, 5) is 20.9. The first-order valence-corrected chi connectivity index (χ1v) is 9.22. The van der Waals surface area contributed by atoms with E-state index in [0.717, 1.165) is 36.3 Å². The Morgan fingerprint density at radius 1 is 1.00 bits per heavy atom. The maximum atomic E-state index is 11.6. The number of Topliss-reactive ketones (excluding diaryl/α,β-unsaturated/α-hetero) is 1. The number of unbranched alkanes of at least 4 members (excludes halogenated alkanes) is 1. The zero-order valence-corrected chi connectivity index (χ0v) is 15.7. The van der Waals surface area contributed by atoms with E-state index >= 15 is 0 Å². The van der Waals surface area contributed by atoms with Gasteiger partial charge in [-0.3, -0.25) is 4.79 Å². The van der Waals surface area contributed by atoms with Crippen LogP contribution in [0.25, 0.3) is 11.3 Å². The number of hydrogen-bond acceptors (Lipinski definition) is 5. The van der Waals surface area contributed by atoms with Crippen molar-refractivity contribution in [1.82, 2.24) is 9.97 Å². The third-order valence-electron chi connectivity index (χ3n) is 4.15. The molecule has 3 aromatic rings. The van der Waals surface area contributed by atoms with Crippen LogP contribution in [0.15, 0.2) is 60.7 Å². The average molecular weight is 360 g/mol. The van der Waals surface area contributed by atoms with Gasteiger partial charge in [-0.05, 0) is 25.5 Å². The third kappa shape index (κ3) is 5.14. The van der Waals surface area contributed by atoms with E-state index < -0.39 is 0 Å². The van der Waals surface area contributed by atoms with Crippen LogP contribution in [0.5, 0.6) is 0 Å². The summed E-state index contributed by atoms with van der Waals surface area (Å²) in [6.07, 6.45) is 2.16. The van der Waals surface area contributed by atoms with Crippen molar-refractivity contribution in [3.8, 4) is 11.3 Å². The molecule has 2 aromatic carbocycles. The van der Waals surface area contributed by atoms with Gasteiger partial charge >= 0.3 is 0 Å². The Morgan fingerprint density at radius 2 is 1.81 bits per heavy atom. The van der Waals surface area contributed by atoms with Crippen LogP contribution in [0.4, 0.5) is 17.5 Å². The Bertz CT molecular complexity index is 909. The summed E-state index contributed by atoms with van der Waals surface area (Å²) >= 11 is 0. The quantitative estimate of drug-likeness (QED) is 0.421. The van der Waals surface area contributed by atoms with Crippen molar-refractivity contribution in [1.29, 1.82) is 0 Å². The van der Waals surface area contributed by atoms with E-state index in [9.17, 15) is 4.79 Å². The molecule has 1 heterocycles. The molecule has 27 heavy (non-hydrogen) atoms. The predicted molar refractivity (Wildman–Crippen MR) is 111 cm³/mol. The van der Waals surface area contributed by atoms with Gasteiger partial charge in [0.1, 0.15) is 5.82 Å². The molecule has 0 radical (unpaired) electrons. The number of nitrogens with zero attached hydrogens (tertiary/aromatic N) is 2. The Balaban J connectivity index is 1.92. The lowest BCUT2D eigenvalue weighted by atomic mass is 10.1. The number of aromatic nitrogens is 2. The van der Waals surface area contributed by atoms with Crippen LogP contribution in [-0.4, -0.2) is 22.3 Å². The van der Waals surface area contributed by atoms with Crippen molar-refractivity contribution in [2.75, 3.05) is 17.2 Å². The van der Waals surface area contributed by atoms with Gasteiger partial charge in [-0.15, -0.1) is 0 Å².